The molecular weight excluding hydrogens is 415 g/mol. The first-order chi connectivity index (χ1) is 12.8. The highest BCUT2D eigenvalue weighted by molar-refractivity contribution is 8.44. The lowest BCUT2D eigenvalue weighted by Gasteiger charge is -2.25. The van der Waals surface area contributed by atoms with E-state index in [1.54, 1.807) is 4.57 Å². The molecule has 0 spiro atoms. The van der Waals surface area contributed by atoms with E-state index in [0.29, 0.717) is 23.3 Å². The first-order valence-corrected chi connectivity index (χ1v) is 11.3. The molecule has 0 saturated carbocycles. The normalized spacial score (nSPS) is 27.9. The lowest BCUT2D eigenvalue weighted by molar-refractivity contribution is -0.0491. The third kappa shape index (κ3) is 4.04. The fraction of sp³-hybridized carbons (Fsp3) is 0.615. The molecule has 4 N–H and O–H groups in total. The molecule has 0 aromatic carbocycles. The molecule has 11 nitrogen and oxygen atoms in total. The molecule has 0 bridgehead atoms. The van der Waals surface area contributed by atoms with Gasteiger partial charge in [0.05, 0.1) is 12.4 Å². The van der Waals surface area contributed by atoms with Gasteiger partial charge >= 0.3 is 6.80 Å². The number of rotatable bonds is 7. The van der Waals surface area contributed by atoms with Crippen molar-refractivity contribution in [3.63, 3.8) is 0 Å². The maximum Gasteiger partial charge on any atom is 0.386 e. The third-order valence-electron chi connectivity index (χ3n) is 4.20. The van der Waals surface area contributed by atoms with Gasteiger partial charge in [-0.05, 0) is 12.2 Å². The number of nitrogens with two attached hydrogens (primary N) is 2. The summed E-state index contributed by atoms with van der Waals surface area (Å²) < 4.78 is 36.0. The van der Waals surface area contributed by atoms with Gasteiger partial charge in [-0.2, -0.15) is 22.6 Å². The number of nitrogen functional groups attached to an aromatic ring is 2. The van der Waals surface area contributed by atoms with Crippen molar-refractivity contribution >= 4 is 54.6 Å². The molecule has 0 radical (unpaired) electrons. The highest BCUT2D eigenvalue weighted by Crippen LogP contribution is 2.55. The van der Waals surface area contributed by atoms with Gasteiger partial charge in [-0.25, -0.2) is 9.55 Å². The highest BCUT2D eigenvalue weighted by Gasteiger charge is 2.49. The molecule has 1 fully saturated rings. The van der Waals surface area contributed by atoms with E-state index in [-0.39, 0.29) is 11.8 Å². The average molecular weight is 436 g/mol. The summed E-state index contributed by atoms with van der Waals surface area (Å²) in [4.78, 5) is 12.3. The van der Waals surface area contributed by atoms with E-state index < -0.39 is 31.3 Å². The second-order valence-electron chi connectivity index (χ2n) is 5.79. The minimum absolute atomic E-state index is 0.00710. The molecule has 1 unspecified atom stereocenters. The molecule has 0 amide bonds. The number of ether oxygens (including phenoxy) is 2. The van der Waals surface area contributed by atoms with Crippen LogP contribution in [0.5, 0.6) is 0 Å². The van der Waals surface area contributed by atoms with Gasteiger partial charge in [0.1, 0.15) is 17.7 Å². The molecule has 27 heavy (non-hydrogen) atoms. The molecular formula is C13H21N6O5PS2. The lowest BCUT2D eigenvalue weighted by Crippen LogP contribution is -2.35. The van der Waals surface area contributed by atoms with Crippen molar-refractivity contribution in [1.82, 2.24) is 19.5 Å². The van der Waals surface area contributed by atoms with Crippen LogP contribution in [0.4, 0.5) is 11.8 Å². The van der Waals surface area contributed by atoms with Crippen LogP contribution in [0.15, 0.2) is 6.33 Å². The molecule has 14 heteroatoms. The molecule has 3 rings (SSSR count). The van der Waals surface area contributed by atoms with Crippen LogP contribution in [0.2, 0.25) is 0 Å². The zero-order valence-corrected chi connectivity index (χ0v) is 17.3. The molecule has 1 aliphatic rings. The highest BCUT2D eigenvalue weighted by atomic mass is 32.7. The van der Waals surface area contributed by atoms with Gasteiger partial charge < -0.3 is 25.5 Å². The summed E-state index contributed by atoms with van der Waals surface area (Å²) in [7, 11) is 2.75. The minimum atomic E-state index is -3.58. The van der Waals surface area contributed by atoms with Gasteiger partial charge in [-0.15, -0.1) is 0 Å². The van der Waals surface area contributed by atoms with Crippen LogP contribution >= 0.6 is 31.7 Å². The van der Waals surface area contributed by atoms with Crippen molar-refractivity contribution in [3.05, 3.63) is 6.33 Å². The molecule has 150 valence electrons. The fourth-order valence-corrected chi connectivity index (χ4v) is 4.24. The van der Waals surface area contributed by atoms with E-state index in [1.165, 1.54) is 20.5 Å². The first-order valence-electron chi connectivity index (χ1n) is 7.93. The first kappa shape index (κ1) is 20.6. The van der Waals surface area contributed by atoms with Crippen LogP contribution in [-0.4, -0.2) is 57.8 Å². The third-order valence-corrected chi connectivity index (χ3v) is 6.20. The summed E-state index contributed by atoms with van der Waals surface area (Å²) in [5.74, 6) is 0.680. The van der Waals surface area contributed by atoms with Crippen molar-refractivity contribution in [3.8, 4) is 0 Å². The largest absolute Gasteiger partial charge is 0.386 e. The average Bonchev–Trinajstić information content (AvgIpc) is 3.16. The van der Waals surface area contributed by atoms with Gasteiger partial charge in [-0.3, -0.25) is 9.09 Å². The zero-order chi connectivity index (χ0) is 19.8. The van der Waals surface area contributed by atoms with Crippen molar-refractivity contribution < 1.29 is 23.1 Å². The number of fused-ring (bicyclic) bond motifs is 1. The molecule has 1 saturated heterocycles. The van der Waals surface area contributed by atoms with Gasteiger partial charge in [0, 0.05) is 14.2 Å². The van der Waals surface area contributed by atoms with Crippen LogP contribution in [0.3, 0.4) is 0 Å². The van der Waals surface area contributed by atoms with E-state index in [9.17, 15) is 4.57 Å². The number of anilines is 2. The van der Waals surface area contributed by atoms with E-state index in [1.807, 2.05) is 0 Å². The molecule has 2 aromatic rings. The lowest BCUT2D eigenvalue weighted by atomic mass is 10.1. The Hall–Kier alpha value is -1.08. The van der Waals surface area contributed by atoms with Crippen molar-refractivity contribution in [1.29, 1.82) is 0 Å². The summed E-state index contributed by atoms with van der Waals surface area (Å²) in [5.41, 5.74) is 12.3. The smallest absolute Gasteiger partial charge is 0.382 e. The number of methoxy groups -OCH3 is 1. The topological polar surface area (TPSA) is 150 Å². The maximum atomic E-state index is 12.3. The van der Waals surface area contributed by atoms with Crippen LogP contribution in [-0.2, 0) is 23.1 Å². The standard InChI is InChI=1S/C13H21N6O5PS2/c1-21-9-8(24-25(20,27)22-2)6(3-4-26)23-12(9)19-5-16-7-10(14)17-13(15)18-11(7)19/h5-6,8-9,12,26H,3-4H2,1-2H3,(H,20,27)(H4,14,15,17,18)/t6-,8+,9+,12-,25?/m1/s1. The summed E-state index contributed by atoms with van der Waals surface area (Å²) in [6.07, 6.45) is -0.503. The maximum absolute atomic E-state index is 12.3. The molecule has 0 aliphatic carbocycles. The summed E-state index contributed by atoms with van der Waals surface area (Å²) in [6, 6.07) is 0. The number of hydrogen-bond acceptors (Lipinski definition) is 11. The summed E-state index contributed by atoms with van der Waals surface area (Å²) in [5, 5.41) is 0. The van der Waals surface area contributed by atoms with E-state index in [0.717, 1.165) is 0 Å². The summed E-state index contributed by atoms with van der Waals surface area (Å²) in [6.45, 7) is -3.58. The van der Waals surface area contributed by atoms with E-state index in [4.69, 9.17) is 30.0 Å². The van der Waals surface area contributed by atoms with Crippen LogP contribution < -0.4 is 11.5 Å². The van der Waals surface area contributed by atoms with Gasteiger partial charge in [0.25, 0.3) is 0 Å². The number of hydrogen-bond donors (Lipinski definition) is 4. The predicted octanol–water partition coefficient (Wildman–Crippen LogP) is 1.29. The second kappa shape index (κ2) is 8.11. The van der Waals surface area contributed by atoms with Gasteiger partial charge in [0.15, 0.2) is 17.7 Å². The molecule has 3 heterocycles. The van der Waals surface area contributed by atoms with Crippen molar-refractivity contribution in [2.45, 2.75) is 31.0 Å². The SMILES string of the molecule is CO[C@H]1[C@@H](OP(=O)(S)OC)[C@@H](CCS)O[C@H]1n1cnc2c(N)nc(N)nc21. The number of imidazole rings is 1. The Bertz CT molecular complexity index is 869. The van der Waals surface area contributed by atoms with Crippen LogP contribution in [0, 0.1) is 0 Å². The Morgan fingerprint density at radius 3 is 2.70 bits per heavy atom. The predicted molar refractivity (Wildman–Crippen MR) is 106 cm³/mol. The summed E-state index contributed by atoms with van der Waals surface area (Å²) >= 11 is 8.20. The second-order valence-corrected chi connectivity index (χ2v) is 9.22. The van der Waals surface area contributed by atoms with Crippen molar-refractivity contribution in [2.24, 2.45) is 0 Å². The Labute approximate surface area is 166 Å². The number of nitrogens with zero attached hydrogens (tertiary/aromatic N) is 4. The Morgan fingerprint density at radius 1 is 1.33 bits per heavy atom. The molecule has 1 aliphatic heterocycles. The number of aromatic nitrogens is 4. The Kier molecular flexibility index (Phi) is 6.21. The molecule has 2 aromatic heterocycles. The zero-order valence-electron chi connectivity index (χ0n) is 14.6. The Morgan fingerprint density at radius 2 is 2.07 bits per heavy atom. The van der Waals surface area contributed by atoms with E-state index >= 15 is 0 Å². The minimum Gasteiger partial charge on any atom is -0.382 e. The van der Waals surface area contributed by atoms with Crippen LogP contribution in [0.25, 0.3) is 11.2 Å². The monoisotopic (exact) mass is 436 g/mol. The quantitative estimate of drug-likeness (QED) is 0.369. The van der Waals surface area contributed by atoms with Crippen LogP contribution in [0.1, 0.15) is 12.6 Å². The molecule has 5 atom stereocenters. The van der Waals surface area contributed by atoms with Gasteiger partial charge in [0.2, 0.25) is 5.95 Å². The number of thiol groups is 2. The fourth-order valence-electron chi connectivity index (χ4n) is 3.01. The van der Waals surface area contributed by atoms with Gasteiger partial charge in [-0.1, -0.05) is 12.2 Å². The van der Waals surface area contributed by atoms with Crippen molar-refractivity contribution in [2.75, 3.05) is 31.4 Å². The van der Waals surface area contributed by atoms with E-state index in [2.05, 4.69) is 39.8 Å². The Balaban J connectivity index is 2.01.